The number of carbonyl (C=O) groups is 3. The van der Waals surface area contributed by atoms with Crippen LogP contribution in [0, 0.1) is 0 Å². The molecule has 8 heteroatoms. The number of carbonyl (C=O) groups excluding carboxylic acids is 3. The van der Waals surface area contributed by atoms with Crippen molar-refractivity contribution in [3.8, 4) is 0 Å². The number of hydrogen-bond donors (Lipinski definition) is 1. The Hall–Kier alpha value is -1.73. The molecule has 2 amide bonds. The number of halogens is 1. The molecule has 0 radical (unpaired) electrons. The molecule has 3 atom stereocenters. The van der Waals surface area contributed by atoms with Gasteiger partial charge in [-0.3, -0.25) is 9.59 Å². The lowest BCUT2D eigenvalue weighted by Gasteiger charge is -2.38. The van der Waals surface area contributed by atoms with Gasteiger partial charge in [0.05, 0.1) is 10.6 Å². The van der Waals surface area contributed by atoms with Crippen LogP contribution in [0.15, 0.2) is 24.3 Å². The molecular formula is C21H29ClN2O4S. The third kappa shape index (κ3) is 6.64. The van der Waals surface area contributed by atoms with Crippen LogP contribution in [0.5, 0.6) is 0 Å². The molecule has 0 spiro atoms. The second-order valence-corrected chi connectivity index (χ2v) is 8.72. The minimum Gasteiger partial charge on any atom is -0.454 e. The van der Waals surface area contributed by atoms with E-state index in [0.717, 1.165) is 19.3 Å². The van der Waals surface area contributed by atoms with E-state index in [1.165, 1.54) is 0 Å². The molecule has 160 valence electrons. The van der Waals surface area contributed by atoms with Gasteiger partial charge in [0.1, 0.15) is 6.04 Å². The molecule has 0 bridgehead atoms. The Morgan fingerprint density at radius 3 is 2.52 bits per heavy atom. The highest BCUT2D eigenvalue weighted by Crippen LogP contribution is 2.22. The maximum atomic E-state index is 12.6. The van der Waals surface area contributed by atoms with Crippen LogP contribution in [0.4, 0.5) is 0 Å². The monoisotopic (exact) mass is 440 g/mol. The molecule has 1 fully saturated rings. The van der Waals surface area contributed by atoms with Gasteiger partial charge in [-0.25, -0.2) is 4.79 Å². The number of thioether (sulfide) groups is 1. The molecule has 1 aromatic carbocycles. The van der Waals surface area contributed by atoms with Crippen molar-refractivity contribution in [3.63, 3.8) is 0 Å². The molecule has 0 aliphatic carbocycles. The number of likely N-dealkylation sites (tertiary alicyclic amines) is 1. The van der Waals surface area contributed by atoms with E-state index in [1.54, 1.807) is 40.9 Å². The van der Waals surface area contributed by atoms with E-state index in [4.69, 9.17) is 16.3 Å². The zero-order valence-electron chi connectivity index (χ0n) is 17.2. The third-order valence-corrected chi connectivity index (χ3v) is 6.11. The first-order chi connectivity index (χ1) is 13.8. The zero-order valence-corrected chi connectivity index (χ0v) is 18.7. The number of esters is 1. The lowest BCUT2D eigenvalue weighted by Crippen LogP contribution is -2.50. The molecule has 0 unspecified atom stereocenters. The minimum atomic E-state index is -0.838. The predicted octanol–water partition coefficient (Wildman–Crippen LogP) is 3.52. The Morgan fingerprint density at radius 2 is 1.90 bits per heavy atom. The number of piperidine rings is 1. The van der Waals surface area contributed by atoms with E-state index in [9.17, 15) is 14.4 Å². The van der Waals surface area contributed by atoms with Crippen molar-refractivity contribution in [3.05, 3.63) is 34.9 Å². The largest absolute Gasteiger partial charge is 0.454 e. The van der Waals surface area contributed by atoms with Crippen LogP contribution in [0.1, 0.15) is 49.9 Å². The average molecular weight is 441 g/mol. The van der Waals surface area contributed by atoms with Gasteiger partial charge in [0, 0.05) is 12.1 Å². The summed E-state index contributed by atoms with van der Waals surface area (Å²) in [5.41, 5.74) is 0.295. The summed E-state index contributed by atoms with van der Waals surface area (Å²) in [5.74, 6) is -0.580. The van der Waals surface area contributed by atoms with Crippen molar-refractivity contribution < 1.29 is 19.1 Å². The molecule has 0 aromatic heterocycles. The standard InChI is InChI=1S/C21H29ClN2O4S/c1-14-7-6-8-15(2)24(14)19(25)13-28-21(27)18(11-12-29-3)23-20(26)16-9-4-5-10-17(16)22/h4-5,9-10,14-15,18H,6-8,11-13H2,1-3H3,(H,23,26)/t14-,15-,18+/m1/s1. The molecular weight excluding hydrogens is 412 g/mol. The Bertz CT molecular complexity index is 720. The quantitative estimate of drug-likeness (QED) is 0.626. The van der Waals surface area contributed by atoms with Crippen molar-refractivity contribution in [1.82, 2.24) is 10.2 Å². The third-order valence-electron chi connectivity index (χ3n) is 5.14. The maximum Gasteiger partial charge on any atom is 0.329 e. The lowest BCUT2D eigenvalue weighted by atomic mass is 9.97. The second-order valence-electron chi connectivity index (χ2n) is 7.33. The van der Waals surface area contributed by atoms with Crippen LogP contribution in [0.2, 0.25) is 5.02 Å². The number of hydrogen-bond acceptors (Lipinski definition) is 5. The predicted molar refractivity (Wildman–Crippen MR) is 116 cm³/mol. The van der Waals surface area contributed by atoms with Gasteiger partial charge in [-0.1, -0.05) is 23.7 Å². The molecule has 1 aromatic rings. The number of amides is 2. The summed E-state index contributed by atoms with van der Waals surface area (Å²) < 4.78 is 5.29. The van der Waals surface area contributed by atoms with Gasteiger partial charge in [-0.15, -0.1) is 0 Å². The van der Waals surface area contributed by atoms with Gasteiger partial charge in [-0.2, -0.15) is 11.8 Å². The summed E-state index contributed by atoms with van der Waals surface area (Å²) in [4.78, 5) is 39.5. The van der Waals surface area contributed by atoms with Gasteiger partial charge >= 0.3 is 5.97 Å². The molecule has 29 heavy (non-hydrogen) atoms. The first kappa shape index (κ1) is 23.5. The fraction of sp³-hybridized carbons (Fsp3) is 0.571. The van der Waals surface area contributed by atoms with E-state index in [2.05, 4.69) is 5.32 Å². The van der Waals surface area contributed by atoms with E-state index < -0.39 is 17.9 Å². The first-order valence-electron chi connectivity index (χ1n) is 9.87. The summed E-state index contributed by atoms with van der Waals surface area (Å²) >= 11 is 7.63. The molecule has 1 heterocycles. The second kappa shape index (κ2) is 11.5. The van der Waals surface area contributed by atoms with E-state index >= 15 is 0 Å². The van der Waals surface area contributed by atoms with Gasteiger partial charge in [0.25, 0.3) is 11.8 Å². The fourth-order valence-electron chi connectivity index (χ4n) is 3.59. The molecule has 1 aliphatic heterocycles. The molecule has 1 aliphatic rings. The van der Waals surface area contributed by atoms with Crippen LogP contribution in [-0.4, -0.2) is 59.4 Å². The highest BCUT2D eigenvalue weighted by molar-refractivity contribution is 7.98. The average Bonchev–Trinajstić information content (AvgIpc) is 2.69. The fourth-order valence-corrected chi connectivity index (χ4v) is 4.28. The summed E-state index contributed by atoms with van der Waals surface area (Å²) in [6.45, 7) is 3.71. The van der Waals surface area contributed by atoms with Gasteiger partial charge < -0.3 is 15.0 Å². The van der Waals surface area contributed by atoms with E-state index in [-0.39, 0.29) is 24.6 Å². The number of ether oxygens (including phenoxy) is 1. The zero-order chi connectivity index (χ0) is 21.4. The Balaban J connectivity index is 1.98. The van der Waals surface area contributed by atoms with Gasteiger partial charge in [-0.05, 0) is 63.7 Å². The van der Waals surface area contributed by atoms with Gasteiger partial charge in [0.2, 0.25) is 0 Å². The lowest BCUT2D eigenvalue weighted by molar-refractivity contribution is -0.156. The molecule has 0 saturated carbocycles. The Kier molecular flexibility index (Phi) is 9.30. The molecule has 6 nitrogen and oxygen atoms in total. The number of rotatable bonds is 8. The Labute approximate surface area is 181 Å². The highest BCUT2D eigenvalue weighted by atomic mass is 35.5. The normalized spacial score (nSPS) is 20.1. The van der Waals surface area contributed by atoms with Crippen molar-refractivity contribution in [2.24, 2.45) is 0 Å². The summed E-state index contributed by atoms with van der Waals surface area (Å²) in [6.07, 6.45) is 5.32. The smallest absolute Gasteiger partial charge is 0.329 e. The van der Waals surface area contributed by atoms with Crippen molar-refractivity contribution in [2.75, 3.05) is 18.6 Å². The summed E-state index contributed by atoms with van der Waals surface area (Å²) in [5, 5.41) is 3.00. The number of nitrogens with zero attached hydrogens (tertiary/aromatic N) is 1. The van der Waals surface area contributed by atoms with E-state index in [0.29, 0.717) is 22.8 Å². The van der Waals surface area contributed by atoms with Crippen LogP contribution in [-0.2, 0) is 14.3 Å². The number of nitrogens with one attached hydrogen (secondary N) is 1. The van der Waals surface area contributed by atoms with Crippen LogP contribution >= 0.6 is 23.4 Å². The topological polar surface area (TPSA) is 75.7 Å². The van der Waals surface area contributed by atoms with Crippen molar-refractivity contribution >= 4 is 41.1 Å². The number of benzene rings is 1. The van der Waals surface area contributed by atoms with Crippen LogP contribution < -0.4 is 5.32 Å². The SMILES string of the molecule is CSCC[C@H](NC(=O)c1ccccc1Cl)C(=O)OCC(=O)N1[C@H](C)CCC[C@H]1C. The molecule has 1 saturated heterocycles. The minimum absolute atomic E-state index is 0.136. The Morgan fingerprint density at radius 1 is 1.24 bits per heavy atom. The van der Waals surface area contributed by atoms with Crippen LogP contribution in [0.3, 0.4) is 0 Å². The van der Waals surface area contributed by atoms with Crippen LogP contribution in [0.25, 0.3) is 0 Å². The van der Waals surface area contributed by atoms with E-state index in [1.807, 2.05) is 20.1 Å². The van der Waals surface area contributed by atoms with Crippen molar-refractivity contribution in [2.45, 2.75) is 57.7 Å². The van der Waals surface area contributed by atoms with Gasteiger partial charge in [0.15, 0.2) is 6.61 Å². The summed E-state index contributed by atoms with van der Waals surface area (Å²) in [6, 6.07) is 6.08. The molecule has 1 N–H and O–H groups in total. The first-order valence-corrected chi connectivity index (χ1v) is 11.6. The molecule has 2 rings (SSSR count). The highest BCUT2D eigenvalue weighted by Gasteiger charge is 2.30. The summed E-state index contributed by atoms with van der Waals surface area (Å²) in [7, 11) is 0. The maximum absolute atomic E-state index is 12.6. The van der Waals surface area contributed by atoms with Crippen molar-refractivity contribution in [1.29, 1.82) is 0 Å².